The van der Waals surface area contributed by atoms with Crippen molar-refractivity contribution in [1.29, 1.82) is 0 Å². The molecule has 0 spiro atoms. The van der Waals surface area contributed by atoms with E-state index in [1.165, 1.54) is 19.1 Å². The van der Waals surface area contributed by atoms with Crippen molar-refractivity contribution in [2.45, 2.75) is 33.1 Å². The quantitative estimate of drug-likeness (QED) is 0.362. The maximum absolute atomic E-state index is 15.2. The summed E-state index contributed by atoms with van der Waals surface area (Å²) in [4.78, 5) is 17.0. The molecule has 0 aliphatic heterocycles. The summed E-state index contributed by atoms with van der Waals surface area (Å²) in [5.41, 5.74) is -0.246. The lowest BCUT2D eigenvalue weighted by molar-refractivity contribution is -0.189. The summed E-state index contributed by atoms with van der Waals surface area (Å²) >= 11 is 5.93. The van der Waals surface area contributed by atoms with E-state index >= 15 is 4.39 Å². The summed E-state index contributed by atoms with van der Waals surface area (Å²) < 4.78 is 85.3. The zero-order chi connectivity index (χ0) is 27.0. The summed E-state index contributed by atoms with van der Waals surface area (Å²) in [5.74, 6) is -2.73. The van der Waals surface area contributed by atoms with Gasteiger partial charge in [-0.25, -0.2) is 17.8 Å². The third kappa shape index (κ3) is 6.23. The molecule has 0 saturated carbocycles. The predicted octanol–water partition coefficient (Wildman–Crippen LogP) is 4.83. The number of aromatic amines is 1. The van der Waals surface area contributed by atoms with Crippen LogP contribution in [0.3, 0.4) is 0 Å². The first kappa shape index (κ1) is 27.2. The number of carbonyl (C=O) groups is 1. The molecule has 3 aromatic rings. The molecular formula is C21H20ClF4N5O4S. The number of nitrogens with one attached hydrogen (secondary N) is 3. The van der Waals surface area contributed by atoms with Crippen molar-refractivity contribution in [1.82, 2.24) is 15.2 Å². The van der Waals surface area contributed by atoms with Crippen LogP contribution in [0.15, 0.2) is 24.3 Å². The number of benzene rings is 1. The number of hydrogen-bond acceptors (Lipinski definition) is 6. The van der Waals surface area contributed by atoms with E-state index in [1.54, 1.807) is 6.92 Å². The number of halogens is 5. The highest BCUT2D eigenvalue weighted by Crippen LogP contribution is 2.34. The molecule has 3 N–H and O–H groups in total. The normalized spacial score (nSPS) is 12.8. The number of ether oxygens (including phenoxy) is 1. The maximum atomic E-state index is 15.2. The van der Waals surface area contributed by atoms with Crippen molar-refractivity contribution in [3.63, 3.8) is 0 Å². The van der Waals surface area contributed by atoms with Gasteiger partial charge in [0.2, 0.25) is 10.0 Å². The number of sulfonamides is 1. The van der Waals surface area contributed by atoms with Gasteiger partial charge in [-0.15, -0.1) is 0 Å². The van der Waals surface area contributed by atoms with Gasteiger partial charge in [-0.3, -0.25) is 14.6 Å². The topological polar surface area (TPSA) is 126 Å². The average Bonchev–Trinajstić information content (AvgIpc) is 3.06. The highest BCUT2D eigenvalue weighted by Gasteiger charge is 2.39. The largest absolute Gasteiger partial charge is 0.480 e. The molecule has 194 valence electrons. The van der Waals surface area contributed by atoms with Crippen molar-refractivity contribution in [2.24, 2.45) is 0 Å². The number of amides is 1. The van der Waals surface area contributed by atoms with Crippen LogP contribution in [0.4, 0.5) is 29.1 Å². The van der Waals surface area contributed by atoms with Gasteiger partial charge in [0.15, 0.2) is 6.10 Å². The Balaban J connectivity index is 2.12. The van der Waals surface area contributed by atoms with Crippen LogP contribution < -0.4 is 14.8 Å². The van der Waals surface area contributed by atoms with Crippen molar-refractivity contribution in [3.8, 4) is 17.0 Å². The molecule has 0 radical (unpaired) electrons. The Hall–Kier alpha value is -3.39. The Labute approximate surface area is 208 Å². The minimum absolute atomic E-state index is 0.0427. The number of aryl methyl sites for hydroxylation is 2. The lowest BCUT2D eigenvalue weighted by Crippen LogP contribution is -2.32. The zero-order valence-corrected chi connectivity index (χ0v) is 20.8. The van der Waals surface area contributed by atoms with E-state index in [2.05, 4.69) is 25.2 Å². The van der Waals surface area contributed by atoms with Crippen LogP contribution in [0.25, 0.3) is 11.3 Å². The van der Waals surface area contributed by atoms with E-state index in [1.807, 2.05) is 0 Å². The standard InChI is InChI=1S/C21H20ClF4N5O4S/c1-9-5-6-15(27-19(9)31-36(4,33)34)12-8-16(35-11(3)21(24,25)26)13(7-14(12)23)20(32)28-17-10(2)29-30-18(17)22/h5-8,11H,1-4H3,(H,27,31)(H,28,32)(H,29,30)/t11-/m0/s1. The van der Waals surface area contributed by atoms with Crippen LogP contribution in [0.5, 0.6) is 5.75 Å². The van der Waals surface area contributed by atoms with E-state index in [0.717, 1.165) is 19.2 Å². The van der Waals surface area contributed by atoms with Gasteiger partial charge in [0, 0.05) is 5.56 Å². The average molecular weight is 550 g/mol. The second kappa shape index (κ2) is 9.93. The number of anilines is 2. The van der Waals surface area contributed by atoms with Crippen LogP contribution in [0.2, 0.25) is 5.15 Å². The number of aromatic nitrogens is 3. The lowest BCUT2D eigenvalue weighted by Gasteiger charge is -2.20. The third-order valence-corrected chi connectivity index (χ3v) is 5.71. The summed E-state index contributed by atoms with van der Waals surface area (Å²) in [7, 11) is -3.73. The maximum Gasteiger partial charge on any atom is 0.425 e. The number of rotatable bonds is 7. The van der Waals surface area contributed by atoms with Gasteiger partial charge >= 0.3 is 6.18 Å². The number of carbonyl (C=O) groups excluding carboxylic acids is 1. The lowest BCUT2D eigenvalue weighted by atomic mass is 10.0. The first-order valence-electron chi connectivity index (χ1n) is 10.1. The molecule has 1 atom stereocenters. The van der Waals surface area contributed by atoms with Crippen LogP contribution in [0.1, 0.15) is 28.5 Å². The molecule has 1 aromatic carbocycles. The van der Waals surface area contributed by atoms with Crippen LogP contribution >= 0.6 is 11.6 Å². The molecular weight excluding hydrogens is 530 g/mol. The monoisotopic (exact) mass is 549 g/mol. The van der Waals surface area contributed by atoms with E-state index in [4.69, 9.17) is 16.3 Å². The highest BCUT2D eigenvalue weighted by atomic mass is 35.5. The molecule has 3 rings (SSSR count). The minimum atomic E-state index is -4.79. The highest BCUT2D eigenvalue weighted by molar-refractivity contribution is 7.92. The minimum Gasteiger partial charge on any atom is -0.480 e. The molecule has 9 nitrogen and oxygen atoms in total. The number of H-pyrrole nitrogens is 1. The molecule has 0 saturated heterocycles. The second-order valence-electron chi connectivity index (χ2n) is 7.82. The van der Waals surface area contributed by atoms with E-state index in [-0.39, 0.29) is 33.6 Å². The van der Waals surface area contributed by atoms with Gasteiger partial charge in [0.05, 0.1) is 23.2 Å². The molecule has 0 aliphatic carbocycles. The summed E-state index contributed by atoms with van der Waals surface area (Å²) in [6.07, 6.45) is -6.25. The number of pyridine rings is 1. The van der Waals surface area contributed by atoms with E-state index < -0.39 is 45.3 Å². The van der Waals surface area contributed by atoms with Gasteiger partial charge in [0.25, 0.3) is 5.91 Å². The van der Waals surface area contributed by atoms with Crippen molar-refractivity contribution < 1.29 is 35.5 Å². The van der Waals surface area contributed by atoms with Crippen molar-refractivity contribution >= 4 is 39.0 Å². The Morgan fingerprint density at radius 1 is 1.22 bits per heavy atom. The first-order chi connectivity index (χ1) is 16.6. The zero-order valence-electron chi connectivity index (χ0n) is 19.2. The van der Waals surface area contributed by atoms with Crippen molar-refractivity contribution in [2.75, 3.05) is 16.3 Å². The molecule has 0 bridgehead atoms. The van der Waals surface area contributed by atoms with Crippen LogP contribution in [-0.2, 0) is 10.0 Å². The van der Waals surface area contributed by atoms with Gasteiger partial charge < -0.3 is 10.1 Å². The first-order valence-corrected chi connectivity index (χ1v) is 12.4. The van der Waals surface area contributed by atoms with Gasteiger partial charge in [-0.1, -0.05) is 17.7 Å². The molecule has 0 fully saturated rings. The second-order valence-corrected chi connectivity index (χ2v) is 9.94. The summed E-state index contributed by atoms with van der Waals surface area (Å²) in [6.45, 7) is 3.78. The third-order valence-electron chi connectivity index (χ3n) is 4.88. The fraction of sp³-hybridized carbons (Fsp3) is 0.286. The fourth-order valence-electron chi connectivity index (χ4n) is 2.97. The molecule has 36 heavy (non-hydrogen) atoms. The Morgan fingerprint density at radius 2 is 1.89 bits per heavy atom. The van der Waals surface area contributed by atoms with Crippen LogP contribution in [0, 0.1) is 19.7 Å². The Kier molecular flexibility index (Phi) is 7.50. The SMILES string of the molecule is Cc1ccc(-c2cc(O[C@@H](C)C(F)(F)F)c(C(=O)Nc3c(C)n[nH]c3Cl)cc2F)nc1NS(C)(=O)=O. The molecule has 0 aliphatic rings. The van der Waals surface area contributed by atoms with E-state index in [9.17, 15) is 26.4 Å². The predicted molar refractivity (Wildman–Crippen MR) is 125 cm³/mol. The number of hydrogen-bond donors (Lipinski definition) is 3. The summed E-state index contributed by atoms with van der Waals surface area (Å²) in [6, 6.07) is 4.36. The fourth-order valence-corrected chi connectivity index (χ4v) is 3.75. The van der Waals surface area contributed by atoms with E-state index in [0.29, 0.717) is 11.6 Å². The summed E-state index contributed by atoms with van der Waals surface area (Å²) in [5, 5.41) is 8.54. The number of nitrogens with zero attached hydrogens (tertiary/aromatic N) is 2. The molecule has 1 amide bonds. The smallest absolute Gasteiger partial charge is 0.425 e. The molecule has 2 aromatic heterocycles. The van der Waals surface area contributed by atoms with Gasteiger partial charge in [0.1, 0.15) is 28.2 Å². The molecule has 15 heteroatoms. The number of alkyl halides is 3. The van der Waals surface area contributed by atoms with Crippen LogP contribution in [-0.4, -0.2) is 48.0 Å². The van der Waals surface area contributed by atoms with Crippen molar-refractivity contribution in [3.05, 3.63) is 52.1 Å². The Morgan fingerprint density at radius 3 is 2.44 bits per heavy atom. The molecule has 2 heterocycles. The van der Waals surface area contributed by atoms with Gasteiger partial charge in [-0.2, -0.15) is 18.3 Å². The molecule has 0 unspecified atom stereocenters. The van der Waals surface area contributed by atoms with Gasteiger partial charge in [-0.05, 0) is 44.5 Å². The Bertz CT molecular complexity index is 1410.